The summed E-state index contributed by atoms with van der Waals surface area (Å²) in [6, 6.07) is 0. The van der Waals surface area contributed by atoms with E-state index in [0.717, 1.165) is 32.1 Å². The van der Waals surface area contributed by atoms with Gasteiger partial charge in [-0.05, 0) is 37.5 Å². The van der Waals surface area contributed by atoms with Crippen molar-refractivity contribution in [3.8, 4) is 0 Å². The summed E-state index contributed by atoms with van der Waals surface area (Å²) in [6.07, 6.45) is 9.36. The fraction of sp³-hybridized carbons (Fsp3) is 0.882. The molecule has 0 radical (unpaired) electrons. The molecule has 0 N–H and O–H groups in total. The summed E-state index contributed by atoms with van der Waals surface area (Å²) >= 11 is 0. The van der Waals surface area contributed by atoms with Gasteiger partial charge in [0.1, 0.15) is 0 Å². The molecular formula is C17H25O5P. The maximum atomic E-state index is 13.7. The summed E-state index contributed by atoms with van der Waals surface area (Å²) < 4.78 is 24.6. The average molecular weight is 340 g/mol. The summed E-state index contributed by atoms with van der Waals surface area (Å²) in [5.74, 6) is -0.516. The van der Waals surface area contributed by atoms with Crippen LogP contribution in [0.15, 0.2) is 0 Å². The molecule has 0 bridgehead atoms. The summed E-state index contributed by atoms with van der Waals surface area (Å²) in [4.78, 5) is 23.2. The smallest absolute Gasteiger partial charge is 0.317 e. The van der Waals surface area contributed by atoms with Crippen molar-refractivity contribution in [2.24, 2.45) is 17.8 Å². The monoisotopic (exact) mass is 340 g/mol. The molecule has 2 aliphatic carbocycles. The molecule has 0 aromatic carbocycles. The van der Waals surface area contributed by atoms with Gasteiger partial charge in [-0.25, -0.2) is 0 Å². The van der Waals surface area contributed by atoms with Crippen LogP contribution in [0.1, 0.15) is 57.8 Å². The lowest BCUT2D eigenvalue weighted by Crippen LogP contribution is -2.46. The van der Waals surface area contributed by atoms with Crippen LogP contribution >= 0.6 is 7.37 Å². The Labute approximate surface area is 136 Å². The van der Waals surface area contributed by atoms with Gasteiger partial charge in [0.05, 0.1) is 18.4 Å². The molecule has 23 heavy (non-hydrogen) atoms. The molecule has 6 heteroatoms. The van der Waals surface area contributed by atoms with Crippen molar-refractivity contribution in [1.29, 1.82) is 0 Å². The van der Waals surface area contributed by atoms with Crippen molar-refractivity contribution >= 4 is 19.3 Å². The van der Waals surface area contributed by atoms with E-state index < -0.39 is 25.2 Å². The van der Waals surface area contributed by atoms with E-state index in [1.807, 2.05) is 0 Å². The second-order valence-corrected chi connectivity index (χ2v) is 10.4. The Morgan fingerprint density at radius 1 is 0.957 bits per heavy atom. The van der Waals surface area contributed by atoms with Crippen LogP contribution in [0.3, 0.4) is 0 Å². The Bertz CT molecular complexity index is 559. The first kappa shape index (κ1) is 15.8. The third-order valence-electron chi connectivity index (χ3n) is 6.34. The van der Waals surface area contributed by atoms with Crippen molar-refractivity contribution in [2.75, 3.05) is 6.16 Å². The zero-order valence-electron chi connectivity index (χ0n) is 13.4. The summed E-state index contributed by atoms with van der Waals surface area (Å²) in [6.45, 7) is 0. The minimum absolute atomic E-state index is 0.0671. The van der Waals surface area contributed by atoms with Crippen molar-refractivity contribution in [3.05, 3.63) is 0 Å². The minimum atomic E-state index is -2.90. The van der Waals surface area contributed by atoms with Gasteiger partial charge in [0, 0.05) is 11.8 Å². The van der Waals surface area contributed by atoms with Crippen molar-refractivity contribution in [2.45, 2.75) is 69.6 Å². The normalized spacial score (nSPS) is 46.9. The molecule has 2 aliphatic heterocycles. The van der Waals surface area contributed by atoms with Crippen LogP contribution in [-0.2, 0) is 23.4 Å². The lowest BCUT2D eigenvalue weighted by atomic mass is 9.71. The van der Waals surface area contributed by atoms with E-state index in [1.165, 1.54) is 19.3 Å². The molecule has 4 aliphatic rings. The first-order valence-corrected chi connectivity index (χ1v) is 11.0. The minimum Gasteiger partial charge on any atom is -0.393 e. The SMILES string of the molecule is O=C1CC(CP2(=O)OC3CCCCC3C3CCCCC32)C(=O)O1. The molecule has 2 saturated carbocycles. The number of fused-ring (bicyclic) bond motifs is 3. The first-order chi connectivity index (χ1) is 11.1. The Morgan fingerprint density at radius 3 is 2.39 bits per heavy atom. The van der Waals surface area contributed by atoms with Crippen LogP contribution in [0.4, 0.5) is 0 Å². The fourth-order valence-electron chi connectivity index (χ4n) is 5.33. The molecule has 2 heterocycles. The van der Waals surface area contributed by atoms with Gasteiger partial charge in [0.2, 0.25) is 7.37 Å². The van der Waals surface area contributed by atoms with Crippen LogP contribution < -0.4 is 0 Å². The predicted molar refractivity (Wildman–Crippen MR) is 84.3 cm³/mol. The van der Waals surface area contributed by atoms with Gasteiger partial charge >= 0.3 is 11.9 Å². The van der Waals surface area contributed by atoms with Gasteiger partial charge in [0.25, 0.3) is 0 Å². The third-order valence-corrected chi connectivity index (χ3v) is 9.57. The van der Waals surface area contributed by atoms with Crippen LogP contribution in [0, 0.1) is 17.8 Å². The summed E-state index contributed by atoms with van der Waals surface area (Å²) in [7, 11) is -2.90. The van der Waals surface area contributed by atoms with E-state index in [0.29, 0.717) is 11.8 Å². The van der Waals surface area contributed by atoms with Gasteiger partial charge in [-0.1, -0.05) is 25.7 Å². The zero-order chi connectivity index (χ0) is 16.0. The number of rotatable bonds is 2. The summed E-state index contributed by atoms with van der Waals surface area (Å²) in [5.41, 5.74) is 0.0964. The molecule has 2 saturated heterocycles. The maximum absolute atomic E-state index is 13.7. The Balaban J connectivity index is 1.59. The number of esters is 2. The average Bonchev–Trinajstić information content (AvgIpc) is 2.85. The van der Waals surface area contributed by atoms with Crippen LogP contribution in [0.2, 0.25) is 0 Å². The second kappa shape index (κ2) is 6.00. The molecule has 0 amide bonds. The van der Waals surface area contributed by atoms with Crippen molar-refractivity contribution < 1.29 is 23.4 Å². The Hall–Kier alpha value is -0.670. The van der Waals surface area contributed by atoms with Crippen molar-refractivity contribution in [1.82, 2.24) is 0 Å². The van der Waals surface area contributed by atoms with Crippen molar-refractivity contribution in [3.63, 3.8) is 0 Å². The van der Waals surface area contributed by atoms with E-state index in [4.69, 9.17) is 4.52 Å². The number of hydrogen-bond donors (Lipinski definition) is 0. The molecule has 6 atom stereocenters. The molecule has 4 fully saturated rings. The lowest BCUT2D eigenvalue weighted by molar-refractivity contribution is -0.152. The number of hydrogen-bond acceptors (Lipinski definition) is 5. The van der Waals surface area contributed by atoms with Crippen LogP contribution in [0.5, 0.6) is 0 Å². The highest BCUT2D eigenvalue weighted by Crippen LogP contribution is 2.67. The van der Waals surface area contributed by atoms with Crippen LogP contribution in [0.25, 0.3) is 0 Å². The molecular weight excluding hydrogens is 315 g/mol. The highest BCUT2D eigenvalue weighted by atomic mass is 31.2. The summed E-state index contributed by atoms with van der Waals surface area (Å²) in [5, 5.41) is 0. The molecule has 128 valence electrons. The molecule has 5 nitrogen and oxygen atoms in total. The van der Waals surface area contributed by atoms with E-state index >= 15 is 0 Å². The van der Waals surface area contributed by atoms with Gasteiger partial charge in [-0.2, -0.15) is 0 Å². The Kier molecular flexibility index (Phi) is 4.13. The van der Waals surface area contributed by atoms with E-state index in [2.05, 4.69) is 4.74 Å². The second-order valence-electron chi connectivity index (χ2n) is 7.71. The van der Waals surface area contributed by atoms with Gasteiger partial charge < -0.3 is 9.26 Å². The maximum Gasteiger partial charge on any atom is 0.317 e. The number of cyclic esters (lactones) is 2. The van der Waals surface area contributed by atoms with E-state index in [1.54, 1.807) is 0 Å². The quantitative estimate of drug-likeness (QED) is 0.437. The first-order valence-electron chi connectivity index (χ1n) is 9.08. The van der Waals surface area contributed by atoms with Gasteiger partial charge in [-0.15, -0.1) is 0 Å². The fourth-order valence-corrected chi connectivity index (χ4v) is 8.98. The largest absolute Gasteiger partial charge is 0.393 e. The number of carbonyl (C=O) groups excluding carboxylic acids is 2. The van der Waals surface area contributed by atoms with Crippen LogP contribution in [-0.4, -0.2) is 29.9 Å². The third kappa shape index (κ3) is 2.80. The van der Waals surface area contributed by atoms with E-state index in [9.17, 15) is 14.2 Å². The Morgan fingerprint density at radius 2 is 1.65 bits per heavy atom. The lowest BCUT2D eigenvalue weighted by Gasteiger charge is -2.51. The van der Waals surface area contributed by atoms with E-state index in [-0.39, 0.29) is 24.3 Å². The molecule has 4 rings (SSSR count). The topological polar surface area (TPSA) is 69.7 Å². The number of carbonyl (C=O) groups is 2. The molecule has 0 aromatic heterocycles. The highest BCUT2D eigenvalue weighted by molar-refractivity contribution is 7.59. The molecule has 0 aromatic rings. The van der Waals surface area contributed by atoms with Gasteiger partial charge in [-0.3, -0.25) is 14.2 Å². The predicted octanol–water partition coefficient (Wildman–Crippen LogP) is 3.50. The standard InChI is InChI=1S/C17H25O5P/c18-16-9-11(17(19)21-16)10-23(20)15-8-4-2-6-13(15)12-5-1-3-7-14(12)22-23/h11-15H,1-10H2. The zero-order valence-corrected chi connectivity index (χ0v) is 14.3. The molecule has 0 spiro atoms. The number of ether oxygens (including phenoxy) is 1. The van der Waals surface area contributed by atoms with Gasteiger partial charge in [0.15, 0.2) is 0 Å². The highest BCUT2D eigenvalue weighted by Gasteiger charge is 2.54. The molecule has 6 unspecified atom stereocenters.